The van der Waals surface area contributed by atoms with E-state index in [1.807, 2.05) is 13.8 Å². The molecule has 1 fully saturated rings. The second-order valence-corrected chi connectivity index (χ2v) is 12.0. The number of hydrogen-bond acceptors (Lipinski definition) is 4. The third-order valence-corrected chi connectivity index (χ3v) is 9.73. The van der Waals surface area contributed by atoms with E-state index in [2.05, 4.69) is 30.7 Å². The Balaban J connectivity index is 2.68. The summed E-state index contributed by atoms with van der Waals surface area (Å²) in [5.74, 6) is 0. The topological polar surface area (TPSA) is 30.9 Å². The summed E-state index contributed by atoms with van der Waals surface area (Å²) in [5.41, 5.74) is 0. The molecular weight excluding hydrogens is 313 g/mol. The summed E-state index contributed by atoms with van der Waals surface area (Å²) in [7, 11) is 2.10. The van der Waals surface area contributed by atoms with Crippen LogP contribution in [0.2, 0.25) is 4.94 Å². The van der Waals surface area contributed by atoms with Crippen molar-refractivity contribution < 1.29 is 9.22 Å². The van der Waals surface area contributed by atoms with Gasteiger partial charge in [0.05, 0.1) is 0 Å². The molecule has 16 heavy (non-hydrogen) atoms. The zero-order valence-electron chi connectivity index (χ0n) is 11.3. The van der Waals surface area contributed by atoms with Crippen molar-refractivity contribution in [2.75, 3.05) is 20.1 Å². The van der Waals surface area contributed by atoms with Gasteiger partial charge in [-0.1, -0.05) is 0 Å². The van der Waals surface area contributed by atoms with Gasteiger partial charge in [-0.15, -0.1) is 0 Å². The molecule has 1 heterocycles. The molecule has 0 aromatic rings. The van der Waals surface area contributed by atoms with Crippen LogP contribution in [-0.4, -0.2) is 63.0 Å². The van der Waals surface area contributed by atoms with Crippen LogP contribution in [0.25, 0.3) is 0 Å². The van der Waals surface area contributed by atoms with Crippen molar-refractivity contribution in [2.45, 2.75) is 50.9 Å². The Labute approximate surface area is 105 Å². The molecule has 0 spiro atoms. The van der Waals surface area contributed by atoms with Crippen molar-refractivity contribution in [3.8, 4) is 0 Å². The van der Waals surface area contributed by atoms with Crippen molar-refractivity contribution in [3.63, 3.8) is 0 Å². The van der Waals surface area contributed by atoms with Crippen LogP contribution in [0.1, 0.15) is 27.7 Å². The predicted molar refractivity (Wildman–Crippen MR) is 66.4 cm³/mol. The van der Waals surface area contributed by atoms with Crippen molar-refractivity contribution in [3.05, 3.63) is 0 Å². The van der Waals surface area contributed by atoms with Gasteiger partial charge in [0, 0.05) is 0 Å². The molecule has 0 aliphatic carbocycles. The SMILES string of the molecule is CC(C)[O][Sn]1([CH3])[O]C(C)CN(C)CC(C)[O]1. The summed E-state index contributed by atoms with van der Waals surface area (Å²) in [6.07, 6.45) is 0.562. The van der Waals surface area contributed by atoms with Gasteiger partial charge in [-0.25, -0.2) is 0 Å². The third-order valence-electron chi connectivity index (χ3n) is 2.42. The molecule has 0 bridgehead atoms. The van der Waals surface area contributed by atoms with Crippen LogP contribution in [0.5, 0.6) is 0 Å². The van der Waals surface area contributed by atoms with Crippen molar-refractivity contribution in [1.82, 2.24) is 4.90 Å². The fraction of sp³-hybridized carbons (Fsp3) is 1.00. The minimum atomic E-state index is -3.25. The van der Waals surface area contributed by atoms with Gasteiger partial charge in [0.2, 0.25) is 0 Å². The first kappa shape index (κ1) is 14.7. The average Bonchev–Trinajstić information content (AvgIpc) is 1.95. The molecule has 1 saturated heterocycles. The van der Waals surface area contributed by atoms with Crippen LogP contribution >= 0.6 is 0 Å². The van der Waals surface area contributed by atoms with E-state index < -0.39 is 19.6 Å². The number of hydrogen-bond donors (Lipinski definition) is 0. The Morgan fingerprint density at radius 3 is 2.00 bits per heavy atom. The Morgan fingerprint density at radius 2 is 1.62 bits per heavy atom. The Bertz CT molecular complexity index is 211. The molecule has 4 nitrogen and oxygen atoms in total. The van der Waals surface area contributed by atoms with Crippen molar-refractivity contribution in [2.24, 2.45) is 0 Å². The summed E-state index contributed by atoms with van der Waals surface area (Å²) in [6.45, 7) is 10.1. The molecule has 0 N–H and O–H groups in total. The van der Waals surface area contributed by atoms with E-state index in [-0.39, 0.29) is 18.3 Å². The van der Waals surface area contributed by atoms with Gasteiger partial charge in [-0.05, 0) is 0 Å². The first-order valence-corrected chi connectivity index (χ1v) is 12.4. The van der Waals surface area contributed by atoms with E-state index >= 15 is 0 Å². The predicted octanol–water partition coefficient (Wildman–Crippen LogP) is 1.74. The number of nitrogens with zero attached hydrogens (tertiary/aromatic N) is 1. The van der Waals surface area contributed by atoms with Crippen LogP contribution < -0.4 is 0 Å². The van der Waals surface area contributed by atoms with Crippen LogP contribution in [0.4, 0.5) is 0 Å². The van der Waals surface area contributed by atoms with E-state index in [0.29, 0.717) is 0 Å². The molecule has 2 atom stereocenters. The fourth-order valence-electron chi connectivity index (χ4n) is 2.27. The summed E-state index contributed by atoms with van der Waals surface area (Å²) in [5, 5.41) is 0. The third kappa shape index (κ3) is 4.87. The average molecular weight is 338 g/mol. The van der Waals surface area contributed by atoms with Gasteiger partial charge in [-0.2, -0.15) is 0 Å². The normalized spacial score (nSPS) is 38.4. The summed E-state index contributed by atoms with van der Waals surface area (Å²) >= 11 is -3.25. The van der Waals surface area contributed by atoms with Gasteiger partial charge < -0.3 is 0 Å². The maximum atomic E-state index is 6.05. The van der Waals surface area contributed by atoms with Gasteiger partial charge in [0.1, 0.15) is 0 Å². The summed E-state index contributed by atoms with van der Waals surface area (Å²) < 4.78 is 18.0. The molecule has 96 valence electrons. The molecule has 1 rings (SSSR count). The zero-order valence-corrected chi connectivity index (χ0v) is 14.2. The molecule has 1 aliphatic rings. The van der Waals surface area contributed by atoms with Gasteiger partial charge in [-0.3, -0.25) is 0 Å². The zero-order chi connectivity index (χ0) is 12.3. The van der Waals surface area contributed by atoms with Gasteiger partial charge in [0.25, 0.3) is 0 Å². The van der Waals surface area contributed by atoms with E-state index in [9.17, 15) is 0 Å². The van der Waals surface area contributed by atoms with Crippen molar-refractivity contribution in [1.29, 1.82) is 0 Å². The summed E-state index contributed by atoms with van der Waals surface area (Å²) in [4.78, 5) is 4.31. The molecular formula is C11H25NO3Sn. The second-order valence-electron chi connectivity index (χ2n) is 5.11. The first-order chi connectivity index (χ1) is 7.31. The van der Waals surface area contributed by atoms with E-state index in [0.717, 1.165) is 13.1 Å². The standard InChI is InChI=1S/C7H15NO2.C3H7O.CH3.Sn/c1-6(9)4-8(3)5-7(2)10;1-3(2)4;;/h6-7H,4-5H2,1-3H3;3H,1-2H3;1H3;/q-2;-1;;+3. The maximum absolute atomic E-state index is 6.05. The van der Waals surface area contributed by atoms with Crippen molar-refractivity contribution >= 4 is 19.6 Å². The quantitative estimate of drug-likeness (QED) is 0.718. The van der Waals surface area contributed by atoms with Crippen LogP contribution in [0.3, 0.4) is 0 Å². The first-order valence-electron chi connectivity index (χ1n) is 6.03. The van der Waals surface area contributed by atoms with Crippen LogP contribution in [0, 0.1) is 0 Å². The molecule has 0 aromatic carbocycles. The molecule has 2 unspecified atom stereocenters. The van der Waals surface area contributed by atoms with E-state index in [4.69, 9.17) is 9.22 Å². The molecule has 5 heteroatoms. The van der Waals surface area contributed by atoms with E-state index in [1.54, 1.807) is 0 Å². The molecule has 0 amide bonds. The number of likely N-dealkylation sites (N-methyl/N-ethyl adjacent to an activating group) is 1. The second kappa shape index (κ2) is 6.00. The molecule has 0 radical (unpaired) electrons. The Morgan fingerprint density at radius 1 is 1.19 bits per heavy atom. The fourth-order valence-corrected chi connectivity index (χ4v) is 9.79. The Kier molecular flexibility index (Phi) is 5.51. The molecule has 1 aliphatic heterocycles. The van der Waals surface area contributed by atoms with Gasteiger partial charge in [0.15, 0.2) is 0 Å². The van der Waals surface area contributed by atoms with Gasteiger partial charge >= 0.3 is 105 Å². The monoisotopic (exact) mass is 339 g/mol. The number of rotatable bonds is 2. The summed E-state index contributed by atoms with van der Waals surface area (Å²) in [6, 6.07) is 0. The van der Waals surface area contributed by atoms with Crippen LogP contribution in [0.15, 0.2) is 0 Å². The molecule has 0 aromatic heterocycles. The Hall–Kier alpha value is 0.639. The minimum absolute atomic E-state index is 0.178. The van der Waals surface area contributed by atoms with Crippen LogP contribution in [-0.2, 0) is 9.22 Å². The van der Waals surface area contributed by atoms with E-state index in [1.165, 1.54) is 0 Å². The molecule has 0 saturated carbocycles.